The molecule has 0 heteroatoms. The second kappa shape index (κ2) is 5.16. The average Bonchev–Trinajstić information content (AvgIpc) is 2.27. The van der Waals surface area contributed by atoms with E-state index in [9.17, 15) is 0 Å². The van der Waals surface area contributed by atoms with Crippen LogP contribution >= 0.6 is 0 Å². The number of hydrogen-bond donors (Lipinski definition) is 0. The van der Waals surface area contributed by atoms with Crippen molar-refractivity contribution in [2.75, 3.05) is 0 Å². The molecule has 15 heavy (non-hydrogen) atoms. The summed E-state index contributed by atoms with van der Waals surface area (Å²) in [6, 6.07) is 8.22. The van der Waals surface area contributed by atoms with Crippen LogP contribution in [-0.2, 0) is 0 Å². The van der Waals surface area contributed by atoms with Gasteiger partial charge in [-0.1, -0.05) is 56.2 Å². The molecule has 0 bridgehead atoms. The minimum atomic E-state index is 0.897. The van der Waals surface area contributed by atoms with Gasteiger partial charge in [0.1, 0.15) is 0 Å². The van der Waals surface area contributed by atoms with Gasteiger partial charge in [-0.3, -0.25) is 0 Å². The Bertz CT molecular complexity index is 419. The lowest BCUT2D eigenvalue weighted by Crippen LogP contribution is -1.83. The molecule has 76 valence electrons. The van der Waals surface area contributed by atoms with Crippen LogP contribution in [0.5, 0.6) is 0 Å². The van der Waals surface area contributed by atoms with Crippen molar-refractivity contribution in [3.63, 3.8) is 0 Å². The summed E-state index contributed by atoms with van der Waals surface area (Å²) in [5.74, 6) is 0. The van der Waals surface area contributed by atoms with Crippen LogP contribution in [0.4, 0.5) is 0 Å². The van der Waals surface area contributed by atoms with Crippen LogP contribution in [0.15, 0.2) is 67.3 Å². The fraction of sp³-hybridized carbons (Fsp3) is 0.0667. The van der Waals surface area contributed by atoms with Crippen molar-refractivity contribution >= 4 is 6.08 Å². The molecule has 0 fully saturated rings. The van der Waals surface area contributed by atoms with Gasteiger partial charge in [0.25, 0.3) is 0 Å². The van der Waals surface area contributed by atoms with E-state index in [0.717, 1.165) is 11.1 Å². The first-order valence-electron chi connectivity index (χ1n) is 4.90. The highest BCUT2D eigenvalue weighted by Crippen LogP contribution is 2.17. The predicted octanol–water partition coefficient (Wildman–Crippen LogP) is 4.31. The second-order valence-electron chi connectivity index (χ2n) is 3.39. The molecule has 0 aromatic heterocycles. The smallest absolute Gasteiger partial charge is 0.0190 e. The molecule has 1 aromatic carbocycles. The van der Waals surface area contributed by atoms with Crippen molar-refractivity contribution in [3.05, 3.63) is 78.4 Å². The van der Waals surface area contributed by atoms with Gasteiger partial charge >= 0.3 is 0 Å². The lowest BCUT2D eigenvalue weighted by Gasteiger charge is -2.04. The number of allylic oxidation sites excluding steroid dienone is 4. The van der Waals surface area contributed by atoms with E-state index in [1.54, 1.807) is 12.2 Å². The average molecular weight is 196 g/mol. The zero-order chi connectivity index (χ0) is 11.3. The van der Waals surface area contributed by atoms with Crippen LogP contribution in [-0.4, -0.2) is 0 Å². The van der Waals surface area contributed by atoms with Gasteiger partial charge in [-0.15, -0.1) is 0 Å². The second-order valence-corrected chi connectivity index (χ2v) is 3.39. The van der Waals surface area contributed by atoms with Crippen LogP contribution in [0.1, 0.15) is 11.1 Å². The van der Waals surface area contributed by atoms with Gasteiger partial charge in [0.2, 0.25) is 0 Å². The van der Waals surface area contributed by atoms with Gasteiger partial charge in [0, 0.05) is 0 Å². The van der Waals surface area contributed by atoms with Crippen LogP contribution in [0.2, 0.25) is 0 Å². The topological polar surface area (TPSA) is 0 Å². The number of hydrogen-bond acceptors (Lipinski definition) is 0. The normalized spacial score (nSPS) is 10.9. The van der Waals surface area contributed by atoms with Gasteiger partial charge in [0.05, 0.1) is 0 Å². The highest BCUT2D eigenvalue weighted by Gasteiger charge is 1.97. The summed E-state index contributed by atoms with van der Waals surface area (Å²) in [6.45, 7) is 13.5. The zero-order valence-electron chi connectivity index (χ0n) is 9.16. The molecule has 0 heterocycles. The Hall–Kier alpha value is -1.82. The highest BCUT2D eigenvalue weighted by atomic mass is 14.0. The van der Waals surface area contributed by atoms with Crippen molar-refractivity contribution in [2.24, 2.45) is 0 Å². The summed E-state index contributed by atoms with van der Waals surface area (Å²) in [4.78, 5) is 0. The molecule has 1 rings (SSSR count). The summed E-state index contributed by atoms with van der Waals surface area (Å²) in [5, 5.41) is 0. The first-order chi connectivity index (χ1) is 7.19. The Kier molecular flexibility index (Phi) is 3.87. The molecule has 1 aromatic rings. The third-order valence-corrected chi connectivity index (χ3v) is 2.34. The number of rotatable bonds is 4. The van der Waals surface area contributed by atoms with Gasteiger partial charge in [-0.05, 0) is 35.3 Å². The van der Waals surface area contributed by atoms with E-state index in [4.69, 9.17) is 0 Å². The van der Waals surface area contributed by atoms with Gasteiger partial charge in [-0.25, -0.2) is 0 Å². The van der Waals surface area contributed by atoms with E-state index in [2.05, 4.69) is 44.9 Å². The largest absolute Gasteiger partial charge is 0.0985 e. The molecular weight excluding hydrogens is 180 g/mol. The third-order valence-electron chi connectivity index (χ3n) is 2.34. The van der Waals surface area contributed by atoms with E-state index in [-0.39, 0.29) is 0 Å². The molecular formula is C15H16. The van der Waals surface area contributed by atoms with E-state index in [0.29, 0.717) is 0 Å². The van der Waals surface area contributed by atoms with Crippen LogP contribution in [0, 0.1) is 6.92 Å². The monoisotopic (exact) mass is 196 g/mol. The summed E-state index contributed by atoms with van der Waals surface area (Å²) in [5.41, 5.74) is 4.34. The van der Waals surface area contributed by atoms with Gasteiger partial charge in [0.15, 0.2) is 0 Å². The molecule has 0 aliphatic heterocycles. The first-order valence-corrected chi connectivity index (χ1v) is 4.90. The summed E-state index contributed by atoms with van der Waals surface area (Å²) in [7, 11) is 0. The fourth-order valence-corrected chi connectivity index (χ4v) is 1.32. The van der Waals surface area contributed by atoms with Crippen molar-refractivity contribution < 1.29 is 0 Å². The molecule has 0 atom stereocenters. The fourth-order valence-electron chi connectivity index (χ4n) is 1.32. The molecule has 0 amide bonds. The summed E-state index contributed by atoms with van der Waals surface area (Å²) >= 11 is 0. The molecule has 0 saturated heterocycles. The van der Waals surface area contributed by atoms with Gasteiger partial charge < -0.3 is 0 Å². The summed E-state index contributed by atoms with van der Waals surface area (Å²) < 4.78 is 0. The number of benzene rings is 1. The Morgan fingerprint density at radius 2 is 1.80 bits per heavy atom. The Balaban J connectivity index is 3.14. The molecule has 0 spiro atoms. The highest BCUT2D eigenvalue weighted by molar-refractivity contribution is 5.65. The quantitative estimate of drug-likeness (QED) is 0.629. The van der Waals surface area contributed by atoms with E-state index >= 15 is 0 Å². The van der Waals surface area contributed by atoms with Crippen molar-refractivity contribution in [3.8, 4) is 0 Å². The SMILES string of the molecule is C=CC(=C)/C(C=C)=C\c1ccccc1C. The maximum Gasteiger partial charge on any atom is -0.0190 e. The lowest BCUT2D eigenvalue weighted by atomic mass is 10.0. The molecule has 0 aliphatic rings. The molecule has 0 radical (unpaired) electrons. The standard InChI is InChI=1S/C15H16/c1-5-12(3)14(6-2)11-15-10-8-7-9-13(15)4/h5-11H,1-3H2,4H3/b14-11-. The van der Waals surface area contributed by atoms with Crippen LogP contribution < -0.4 is 0 Å². The molecule has 0 unspecified atom stereocenters. The van der Waals surface area contributed by atoms with E-state index < -0.39 is 0 Å². The number of aryl methyl sites for hydroxylation is 1. The molecule has 0 saturated carbocycles. The maximum atomic E-state index is 3.91. The minimum Gasteiger partial charge on any atom is -0.0985 e. The lowest BCUT2D eigenvalue weighted by molar-refractivity contribution is 1.44. The third kappa shape index (κ3) is 2.81. The van der Waals surface area contributed by atoms with Crippen LogP contribution in [0.3, 0.4) is 0 Å². The molecule has 0 nitrogen and oxygen atoms in total. The van der Waals surface area contributed by atoms with Crippen molar-refractivity contribution in [1.82, 2.24) is 0 Å². The molecule has 0 N–H and O–H groups in total. The Morgan fingerprint density at radius 1 is 1.13 bits per heavy atom. The van der Waals surface area contributed by atoms with Gasteiger partial charge in [-0.2, -0.15) is 0 Å². The van der Waals surface area contributed by atoms with Crippen LogP contribution in [0.25, 0.3) is 6.08 Å². The zero-order valence-corrected chi connectivity index (χ0v) is 9.16. The maximum absolute atomic E-state index is 3.91. The van der Waals surface area contributed by atoms with Crippen molar-refractivity contribution in [2.45, 2.75) is 6.92 Å². The molecule has 0 aliphatic carbocycles. The first kappa shape index (κ1) is 11.3. The van der Waals surface area contributed by atoms with Crippen molar-refractivity contribution in [1.29, 1.82) is 0 Å². The Morgan fingerprint density at radius 3 is 2.33 bits per heavy atom. The summed E-state index contributed by atoms with van der Waals surface area (Å²) in [6.07, 6.45) is 5.62. The predicted molar refractivity (Wildman–Crippen MR) is 68.7 cm³/mol. The van der Waals surface area contributed by atoms with E-state index in [1.807, 2.05) is 12.1 Å². The van der Waals surface area contributed by atoms with E-state index in [1.165, 1.54) is 11.1 Å². The Labute approximate surface area is 92.0 Å². The minimum absolute atomic E-state index is 0.897.